The van der Waals surface area contributed by atoms with Gasteiger partial charge in [-0.1, -0.05) is 13.8 Å². The van der Waals surface area contributed by atoms with Crippen molar-refractivity contribution in [1.29, 1.82) is 0 Å². The molecule has 2 aromatic rings. The lowest BCUT2D eigenvalue weighted by atomic mass is 9.79. The molecule has 24 heavy (non-hydrogen) atoms. The average Bonchev–Trinajstić information content (AvgIpc) is 2.80. The first-order valence-electron chi connectivity index (χ1n) is 8.19. The fourth-order valence-corrected chi connectivity index (χ4v) is 4.20. The Hall–Kier alpha value is -1.73. The average molecular weight is 348 g/mol. The predicted molar refractivity (Wildman–Crippen MR) is 96.3 cm³/mol. The van der Waals surface area contributed by atoms with Crippen molar-refractivity contribution in [3.63, 3.8) is 0 Å². The van der Waals surface area contributed by atoms with Gasteiger partial charge in [0.2, 0.25) is 5.91 Å². The number of aromatic nitrogens is 2. The molecular formula is C17H24N4O2S. The molecule has 0 bridgehead atoms. The minimum atomic E-state index is -0.136. The van der Waals surface area contributed by atoms with Gasteiger partial charge in [0.1, 0.15) is 11.4 Å². The SMILES string of the molecule is Cc1sc2ncn(CC(=O)N3CCC(N)C(C)(C)C3)c(=O)c2c1C. The van der Waals surface area contributed by atoms with Crippen molar-refractivity contribution in [2.75, 3.05) is 13.1 Å². The minimum absolute atomic E-state index is 0.0292. The van der Waals surface area contributed by atoms with E-state index in [0.29, 0.717) is 18.5 Å². The molecule has 6 nitrogen and oxygen atoms in total. The van der Waals surface area contributed by atoms with Gasteiger partial charge in [-0.05, 0) is 31.2 Å². The Kier molecular flexibility index (Phi) is 4.25. The molecule has 0 saturated carbocycles. The van der Waals surface area contributed by atoms with Crippen LogP contribution in [0.25, 0.3) is 10.2 Å². The number of thiophene rings is 1. The molecule has 1 aliphatic rings. The van der Waals surface area contributed by atoms with Crippen LogP contribution in [-0.4, -0.2) is 39.5 Å². The standard InChI is InChI=1S/C17H24N4O2S/c1-10-11(2)24-15-14(10)16(23)21(9-19-15)7-13(22)20-6-5-12(18)17(3,4)8-20/h9,12H,5-8,18H2,1-4H3. The summed E-state index contributed by atoms with van der Waals surface area (Å²) >= 11 is 1.51. The summed E-state index contributed by atoms with van der Waals surface area (Å²) in [4.78, 5) is 33.3. The van der Waals surface area contributed by atoms with Gasteiger partial charge in [0.25, 0.3) is 5.56 Å². The van der Waals surface area contributed by atoms with Crippen LogP contribution in [0.15, 0.2) is 11.1 Å². The van der Waals surface area contributed by atoms with E-state index in [4.69, 9.17) is 5.73 Å². The molecule has 0 spiro atoms. The number of nitrogens with two attached hydrogens (primary N) is 1. The molecule has 2 aromatic heterocycles. The van der Waals surface area contributed by atoms with E-state index < -0.39 is 0 Å². The van der Waals surface area contributed by atoms with Crippen molar-refractivity contribution in [2.24, 2.45) is 11.1 Å². The number of carbonyl (C=O) groups excluding carboxylic acids is 1. The number of hydrogen-bond donors (Lipinski definition) is 1. The normalized spacial score (nSPS) is 20.5. The summed E-state index contributed by atoms with van der Waals surface area (Å²) in [6.07, 6.45) is 2.27. The second-order valence-corrected chi connectivity index (χ2v) is 8.54. The highest BCUT2D eigenvalue weighted by molar-refractivity contribution is 7.18. The number of likely N-dealkylation sites (tertiary alicyclic amines) is 1. The lowest BCUT2D eigenvalue weighted by molar-refractivity contribution is -0.135. The zero-order valence-corrected chi connectivity index (χ0v) is 15.4. The van der Waals surface area contributed by atoms with Gasteiger partial charge in [-0.25, -0.2) is 4.98 Å². The van der Waals surface area contributed by atoms with Crippen LogP contribution in [0, 0.1) is 19.3 Å². The summed E-state index contributed by atoms with van der Waals surface area (Å²) in [5.74, 6) is -0.0529. The molecule has 3 heterocycles. The van der Waals surface area contributed by atoms with Gasteiger partial charge < -0.3 is 10.6 Å². The molecule has 0 aliphatic carbocycles. The van der Waals surface area contributed by atoms with Gasteiger partial charge >= 0.3 is 0 Å². The molecular weight excluding hydrogens is 324 g/mol. The van der Waals surface area contributed by atoms with Gasteiger partial charge in [0, 0.05) is 24.0 Å². The Bertz CT molecular complexity index is 852. The van der Waals surface area contributed by atoms with E-state index in [9.17, 15) is 9.59 Å². The minimum Gasteiger partial charge on any atom is -0.340 e. The Balaban J connectivity index is 1.85. The zero-order valence-electron chi connectivity index (χ0n) is 14.6. The number of hydrogen-bond acceptors (Lipinski definition) is 5. The Morgan fingerprint density at radius 1 is 1.46 bits per heavy atom. The number of nitrogens with zero attached hydrogens (tertiary/aromatic N) is 3. The maximum Gasteiger partial charge on any atom is 0.262 e. The molecule has 1 saturated heterocycles. The second-order valence-electron chi connectivity index (χ2n) is 7.34. The first kappa shape index (κ1) is 17.1. The molecule has 7 heteroatoms. The molecule has 1 fully saturated rings. The summed E-state index contributed by atoms with van der Waals surface area (Å²) in [6.45, 7) is 9.36. The maximum atomic E-state index is 12.7. The Morgan fingerprint density at radius 3 is 2.83 bits per heavy atom. The highest BCUT2D eigenvalue weighted by Crippen LogP contribution is 2.28. The molecule has 3 rings (SSSR count). The summed E-state index contributed by atoms with van der Waals surface area (Å²) in [5, 5.41) is 0.633. The number of fused-ring (bicyclic) bond motifs is 1. The number of piperidine rings is 1. The number of amides is 1. The van der Waals surface area contributed by atoms with Crippen molar-refractivity contribution in [3.8, 4) is 0 Å². The predicted octanol–water partition coefficient (Wildman–Crippen LogP) is 1.66. The molecule has 1 aliphatic heterocycles. The molecule has 1 amide bonds. The molecule has 0 radical (unpaired) electrons. The van der Waals surface area contributed by atoms with Gasteiger partial charge in [-0.15, -0.1) is 11.3 Å². The van der Waals surface area contributed by atoms with Gasteiger partial charge in [-0.3, -0.25) is 14.2 Å². The fourth-order valence-electron chi connectivity index (χ4n) is 3.22. The summed E-state index contributed by atoms with van der Waals surface area (Å²) in [5.41, 5.74) is 6.84. The summed E-state index contributed by atoms with van der Waals surface area (Å²) < 4.78 is 1.42. The number of rotatable bonds is 2. The molecule has 0 aromatic carbocycles. The van der Waals surface area contributed by atoms with Crippen molar-refractivity contribution in [2.45, 2.75) is 46.7 Å². The van der Waals surface area contributed by atoms with Crippen LogP contribution >= 0.6 is 11.3 Å². The van der Waals surface area contributed by atoms with Crippen molar-refractivity contribution in [3.05, 3.63) is 27.1 Å². The van der Waals surface area contributed by atoms with Crippen molar-refractivity contribution < 1.29 is 4.79 Å². The molecule has 1 unspecified atom stereocenters. The van der Waals surface area contributed by atoms with Crippen LogP contribution in [-0.2, 0) is 11.3 Å². The molecule has 130 valence electrons. The third-order valence-electron chi connectivity index (χ3n) is 5.13. The van der Waals surface area contributed by atoms with E-state index in [2.05, 4.69) is 18.8 Å². The highest BCUT2D eigenvalue weighted by atomic mass is 32.1. The van der Waals surface area contributed by atoms with Crippen molar-refractivity contribution in [1.82, 2.24) is 14.5 Å². The Labute approximate surface area is 145 Å². The highest BCUT2D eigenvalue weighted by Gasteiger charge is 2.35. The van der Waals surface area contributed by atoms with Crippen LogP contribution in [0.5, 0.6) is 0 Å². The topological polar surface area (TPSA) is 81.2 Å². The van der Waals surface area contributed by atoms with Gasteiger partial charge in [-0.2, -0.15) is 0 Å². The van der Waals surface area contributed by atoms with Gasteiger partial charge in [0.15, 0.2) is 0 Å². The third kappa shape index (κ3) is 2.86. The van der Waals surface area contributed by atoms with Crippen LogP contribution in [0.3, 0.4) is 0 Å². The van der Waals surface area contributed by atoms with Gasteiger partial charge in [0.05, 0.1) is 11.7 Å². The first-order valence-corrected chi connectivity index (χ1v) is 9.01. The lowest BCUT2D eigenvalue weighted by Gasteiger charge is -2.42. The van der Waals surface area contributed by atoms with E-state index in [1.54, 1.807) is 0 Å². The quantitative estimate of drug-likeness (QED) is 0.895. The largest absolute Gasteiger partial charge is 0.340 e. The first-order chi connectivity index (χ1) is 11.2. The van der Waals surface area contributed by atoms with E-state index in [1.807, 2.05) is 18.7 Å². The molecule has 2 N–H and O–H groups in total. The van der Waals surface area contributed by atoms with Crippen LogP contribution in [0.4, 0.5) is 0 Å². The lowest BCUT2D eigenvalue weighted by Crippen LogP contribution is -2.54. The fraction of sp³-hybridized carbons (Fsp3) is 0.588. The second kappa shape index (κ2) is 5.97. The van der Waals surface area contributed by atoms with E-state index >= 15 is 0 Å². The summed E-state index contributed by atoms with van der Waals surface area (Å²) in [7, 11) is 0. The van der Waals surface area contributed by atoms with Crippen LogP contribution in [0.1, 0.15) is 30.7 Å². The number of carbonyl (C=O) groups is 1. The molecule has 1 atom stereocenters. The van der Waals surface area contributed by atoms with Crippen molar-refractivity contribution >= 4 is 27.5 Å². The Morgan fingerprint density at radius 2 is 2.17 bits per heavy atom. The van der Waals surface area contributed by atoms with Crippen LogP contribution < -0.4 is 11.3 Å². The third-order valence-corrected chi connectivity index (χ3v) is 6.24. The smallest absolute Gasteiger partial charge is 0.262 e. The summed E-state index contributed by atoms with van der Waals surface area (Å²) in [6, 6.07) is 0.0960. The monoisotopic (exact) mass is 348 g/mol. The zero-order chi connectivity index (χ0) is 17.6. The van der Waals surface area contributed by atoms with E-state index in [1.165, 1.54) is 22.2 Å². The van der Waals surface area contributed by atoms with Crippen LogP contribution in [0.2, 0.25) is 0 Å². The maximum absolute atomic E-state index is 12.7. The van der Waals surface area contributed by atoms with E-state index in [0.717, 1.165) is 21.7 Å². The van der Waals surface area contributed by atoms with E-state index in [-0.39, 0.29) is 29.5 Å². The number of aryl methyl sites for hydroxylation is 2.